The summed E-state index contributed by atoms with van der Waals surface area (Å²) in [5.74, 6) is -0.297. The number of azide groups is 1. The molecule has 0 fully saturated rings. The average Bonchev–Trinajstić information content (AvgIpc) is 2.93. The number of aromatic nitrogens is 3. The fraction of sp³-hybridized carbons (Fsp3) is 0.133. The SMILES string of the molecule is Cc1cc(C)n2ncc(C(=O)Nc3ccc(N=[N+]=[N-])cc3)c2n1. The minimum atomic E-state index is -0.297. The number of benzene rings is 1. The molecule has 1 amide bonds. The van der Waals surface area contributed by atoms with E-state index in [9.17, 15) is 4.79 Å². The van der Waals surface area contributed by atoms with E-state index < -0.39 is 0 Å². The highest BCUT2D eigenvalue weighted by Gasteiger charge is 2.15. The second-order valence-electron chi connectivity index (χ2n) is 5.02. The predicted octanol–water partition coefficient (Wildman–Crippen LogP) is 3.54. The molecule has 0 spiro atoms. The van der Waals surface area contributed by atoms with Crippen LogP contribution in [0.2, 0.25) is 0 Å². The lowest BCUT2D eigenvalue weighted by molar-refractivity contribution is 0.102. The molecule has 23 heavy (non-hydrogen) atoms. The van der Waals surface area contributed by atoms with Gasteiger partial charge in [-0.1, -0.05) is 17.2 Å². The van der Waals surface area contributed by atoms with Gasteiger partial charge in [-0.25, -0.2) is 9.50 Å². The quantitative estimate of drug-likeness (QED) is 0.454. The number of nitrogens with one attached hydrogen (secondary N) is 1. The largest absolute Gasteiger partial charge is 0.322 e. The van der Waals surface area contributed by atoms with Crippen molar-refractivity contribution in [3.8, 4) is 0 Å². The highest BCUT2D eigenvalue weighted by molar-refractivity contribution is 6.08. The van der Waals surface area contributed by atoms with Gasteiger partial charge in [-0.15, -0.1) is 0 Å². The number of rotatable bonds is 3. The Balaban J connectivity index is 1.90. The first-order valence-corrected chi connectivity index (χ1v) is 6.87. The van der Waals surface area contributed by atoms with Crippen LogP contribution in [0.1, 0.15) is 21.7 Å². The van der Waals surface area contributed by atoms with Crippen molar-refractivity contribution in [3.63, 3.8) is 0 Å². The molecule has 0 saturated carbocycles. The average molecular weight is 307 g/mol. The molecule has 0 atom stereocenters. The highest BCUT2D eigenvalue weighted by atomic mass is 16.1. The molecule has 2 aromatic heterocycles. The Kier molecular flexibility index (Phi) is 3.66. The zero-order valence-electron chi connectivity index (χ0n) is 12.6. The van der Waals surface area contributed by atoms with Crippen LogP contribution in [0.25, 0.3) is 16.1 Å². The van der Waals surface area contributed by atoms with Gasteiger partial charge in [0.2, 0.25) is 0 Å². The topological polar surface area (TPSA) is 108 Å². The summed E-state index contributed by atoms with van der Waals surface area (Å²) in [6.45, 7) is 3.78. The van der Waals surface area contributed by atoms with Crippen LogP contribution in [0, 0.1) is 13.8 Å². The highest BCUT2D eigenvalue weighted by Crippen LogP contribution is 2.18. The lowest BCUT2D eigenvalue weighted by Gasteiger charge is -2.05. The summed E-state index contributed by atoms with van der Waals surface area (Å²) in [6, 6.07) is 8.47. The van der Waals surface area contributed by atoms with Crippen molar-refractivity contribution in [2.45, 2.75) is 13.8 Å². The summed E-state index contributed by atoms with van der Waals surface area (Å²) in [5, 5.41) is 10.5. The number of hydrogen-bond donors (Lipinski definition) is 1. The van der Waals surface area contributed by atoms with Gasteiger partial charge < -0.3 is 5.32 Å². The van der Waals surface area contributed by atoms with Crippen LogP contribution in [0.15, 0.2) is 41.6 Å². The zero-order chi connectivity index (χ0) is 16.4. The van der Waals surface area contributed by atoms with Crippen LogP contribution >= 0.6 is 0 Å². The molecule has 2 heterocycles. The van der Waals surface area contributed by atoms with E-state index in [1.807, 2.05) is 19.9 Å². The number of hydrogen-bond acceptors (Lipinski definition) is 4. The standard InChI is InChI=1S/C15H13N7O/c1-9-7-10(2)22-14(18-9)13(8-17-22)15(23)19-11-3-5-12(6-4-11)20-21-16/h3-8H,1-2H3,(H,19,23). The first-order valence-electron chi connectivity index (χ1n) is 6.87. The van der Waals surface area contributed by atoms with Crippen LogP contribution in [-0.4, -0.2) is 20.5 Å². The molecule has 1 N–H and O–H groups in total. The molecule has 0 aliphatic heterocycles. The Labute approximate surface area is 131 Å². The normalized spacial score (nSPS) is 10.3. The lowest BCUT2D eigenvalue weighted by atomic mass is 10.2. The van der Waals surface area contributed by atoms with Crippen molar-refractivity contribution in [2.24, 2.45) is 5.11 Å². The molecule has 114 valence electrons. The molecule has 0 radical (unpaired) electrons. The van der Waals surface area contributed by atoms with Crippen molar-refractivity contribution < 1.29 is 4.79 Å². The van der Waals surface area contributed by atoms with E-state index in [4.69, 9.17) is 5.53 Å². The summed E-state index contributed by atoms with van der Waals surface area (Å²) in [4.78, 5) is 19.5. The summed E-state index contributed by atoms with van der Waals surface area (Å²) in [6.07, 6.45) is 1.50. The smallest absolute Gasteiger partial charge is 0.261 e. The van der Waals surface area contributed by atoms with Crippen LogP contribution in [0.4, 0.5) is 11.4 Å². The number of fused-ring (bicyclic) bond motifs is 1. The molecule has 3 rings (SSSR count). The molecule has 0 saturated heterocycles. The second-order valence-corrected chi connectivity index (χ2v) is 5.02. The van der Waals surface area contributed by atoms with Gasteiger partial charge in [-0.3, -0.25) is 4.79 Å². The first-order chi connectivity index (χ1) is 11.1. The third kappa shape index (κ3) is 2.83. The van der Waals surface area contributed by atoms with Crippen LogP contribution < -0.4 is 5.32 Å². The van der Waals surface area contributed by atoms with Crippen LogP contribution in [0.5, 0.6) is 0 Å². The Morgan fingerprint density at radius 3 is 2.74 bits per heavy atom. The Morgan fingerprint density at radius 2 is 2.04 bits per heavy atom. The molecule has 8 heteroatoms. The monoisotopic (exact) mass is 307 g/mol. The third-order valence-electron chi connectivity index (χ3n) is 3.31. The molecule has 0 aliphatic carbocycles. The summed E-state index contributed by atoms with van der Waals surface area (Å²) >= 11 is 0. The van der Waals surface area contributed by atoms with Crippen molar-refractivity contribution in [2.75, 3.05) is 5.32 Å². The maximum atomic E-state index is 12.4. The Hall–Kier alpha value is -3.38. The maximum absolute atomic E-state index is 12.4. The van der Waals surface area contributed by atoms with Gasteiger partial charge >= 0.3 is 0 Å². The van der Waals surface area contributed by atoms with E-state index in [0.29, 0.717) is 22.6 Å². The maximum Gasteiger partial charge on any atom is 0.261 e. The molecule has 0 unspecified atom stereocenters. The molecule has 1 aromatic carbocycles. The van der Waals surface area contributed by atoms with E-state index in [0.717, 1.165) is 11.4 Å². The van der Waals surface area contributed by atoms with Gasteiger partial charge in [0.15, 0.2) is 5.65 Å². The van der Waals surface area contributed by atoms with Crippen molar-refractivity contribution >= 4 is 22.9 Å². The Morgan fingerprint density at radius 1 is 1.30 bits per heavy atom. The summed E-state index contributed by atoms with van der Waals surface area (Å²) < 4.78 is 1.63. The summed E-state index contributed by atoms with van der Waals surface area (Å²) in [5.41, 5.74) is 12.1. The molecular weight excluding hydrogens is 294 g/mol. The van der Waals surface area contributed by atoms with Crippen molar-refractivity contribution in [1.29, 1.82) is 0 Å². The second kappa shape index (κ2) is 5.78. The van der Waals surface area contributed by atoms with Gasteiger partial charge in [0.25, 0.3) is 5.91 Å². The van der Waals surface area contributed by atoms with E-state index in [1.165, 1.54) is 6.20 Å². The van der Waals surface area contributed by atoms with Crippen molar-refractivity contribution in [3.05, 3.63) is 63.9 Å². The van der Waals surface area contributed by atoms with E-state index in [-0.39, 0.29) is 5.91 Å². The summed E-state index contributed by atoms with van der Waals surface area (Å²) in [7, 11) is 0. The molecular formula is C15H13N7O. The van der Waals surface area contributed by atoms with Gasteiger partial charge in [0.1, 0.15) is 5.56 Å². The molecule has 8 nitrogen and oxygen atoms in total. The van der Waals surface area contributed by atoms with E-state index in [1.54, 1.807) is 28.8 Å². The molecule has 3 aromatic rings. The fourth-order valence-corrected chi connectivity index (χ4v) is 2.29. The lowest BCUT2D eigenvalue weighted by Crippen LogP contribution is -2.12. The number of carbonyl (C=O) groups is 1. The number of carbonyl (C=O) groups excluding carboxylic acids is 1. The van der Waals surface area contributed by atoms with Gasteiger partial charge in [-0.05, 0) is 37.6 Å². The minimum absolute atomic E-state index is 0.297. The molecule has 0 aliphatic rings. The van der Waals surface area contributed by atoms with Gasteiger partial charge in [0.05, 0.1) is 6.20 Å². The zero-order valence-corrected chi connectivity index (χ0v) is 12.6. The predicted molar refractivity (Wildman–Crippen MR) is 85.7 cm³/mol. The van der Waals surface area contributed by atoms with Gasteiger partial charge in [-0.2, -0.15) is 5.10 Å². The van der Waals surface area contributed by atoms with Gasteiger partial charge in [0, 0.05) is 27.7 Å². The van der Waals surface area contributed by atoms with Crippen molar-refractivity contribution in [1.82, 2.24) is 14.6 Å². The number of amides is 1. The Bertz CT molecular complexity index is 936. The number of nitrogens with zero attached hydrogens (tertiary/aromatic N) is 6. The fourth-order valence-electron chi connectivity index (χ4n) is 2.29. The van der Waals surface area contributed by atoms with E-state index in [2.05, 4.69) is 25.4 Å². The molecule has 0 bridgehead atoms. The van der Waals surface area contributed by atoms with E-state index >= 15 is 0 Å². The number of aryl methyl sites for hydroxylation is 2. The first kappa shape index (κ1) is 14.6. The van der Waals surface area contributed by atoms with Crippen LogP contribution in [0.3, 0.4) is 0 Å². The number of anilines is 1. The van der Waals surface area contributed by atoms with Crippen LogP contribution in [-0.2, 0) is 0 Å². The minimum Gasteiger partial charge on any atom is -0.322 e. The third-order valence-corrected chi connectivity index (χ3v) is 3.31.